The van der Waals surface area contributed by atoms with Gasteiger partial charge in [0.1, 0.15) is 9.88 Å². The third kappa shape index (κ3) is 4.28. The Morgan fingerprint density at radius 2 is 1.88 bits per heavy atom. The van der Waals surface area contributed by atoms with Crippen LogP contribution in [0, 0.1) is 0 Å². The summed E-state index contributed by atoms with van der Waals surface area (Å²) in [6.07, 6.45) is 1.71. The molecule has 2 heterocycles. The van der Waals surface area contributed by atoms with E-state index >= 15 is 0 Å². The highest BCUT2D eigenvalue weighted by molar-refractivity contribution is 7.26. The molecule has 1 N–H and O–H groups in total. The summed E-state index contributed by atoms with van der Waals surface area (Å²) in [4.78, 5) is 30.0. The Labute approximate surface area is 160 Å². The van der Waals surface area contributed by atoms with Crippen molar-refractivity contribution in [2.45, 2.75) is 32.7 Å². The van der Waals surface area contributed by atoms with Crippen LogP contribution >= 0.6 is 22.7 Å². The standard InChI is InChI=1S/C19H20N2O3S2/c1-3-12(4-2)20-17(22)11-24-19(23)16-10-9-15(25-16)18-21-13-7-5-6-8-14(13)26-18/h5-10,12H,3-4,11H2,1-2H3,(H,20,22). The van der Waals surface area contributed by atoms with Gasteiger partial charge < -0.3 is 10.1 Å². The molecule has 0 unspecified atom stereocenters. The molecular formula is C19H20N2O3S2. The lowest BCUT2D eigenvalue weighted by atomic mass is 10.2. The molecule has 0 radical (unpaired) electrons. The Morgan fingerprint density at radius 3 is 2.62 bits per heavy atom. The summed E-state index contributed by atoms with van der Waals surface area (Å²) in [6.45, 7) is 3.76. The van der Waals surface area contributed by atoms with E-state index in [0.29, 0.717) is 4.88 Å². The SMILES string of the molecule is CCC(CC)NC(=O)COC(=O)c1ccc(-c2nc3ccccc3s2)s1. The number of para-hydroxylation sites is 1. The van der Waals surface area contributed by atoms with Crippen molar-refractivity contribution in [3.63, 3.8) is 0 Å². The minimum Gasteiger partial charge on any atom is -0.451 e. The fraction of sp³-hybridized carbons (Fsp3) is 0.316. The second-order valence-electron chi connectivity index (χ2n) is 5.81. The molecule has 1 amide bonds. The number of amides is 1. The number of thiophene rings is 1. The van der Waals surface area contributed by atoms with E-state index in [1.165, 1.54) is 11.3 Å². The topological polar surface area (TPSA) is 68.3 Å². The summed E-state index contributed by atoms with van der Waals surface area (Å²) in [7, 11) is 0. The largest absolute Gasteiger partial charge is 0.451 e. The number of hydrogen-bond acceptors (Lipinski definition) is 6. The number of thiazole rings is 1. The van der Waals surface area contributed by atoms with E-state index in [1.54, 1.807) is 17.4 Å². The lowest BCUT2D eigenvalue weighted by Gasteiger charge is -2.14. The molecule has 0 atom stereocenters. The molecule has 2 aromatic heterocycles. The van der Waals surface area contributed by atoms with Gasteiger partial charge in [0.05, 0.1) is 15.1 Å². The maximum Gasteiger partial charge on any atom is 0.348 e. The third-order valence-corrected chi connectivity index (χ3v) is 6.27. The van der Waals surface area contributed by atoms with Crippen LogP contribution in [0.1, 0.15) is 36.4 Å². The van der Waals surface area contributed by atoms with Crippen molar-refractivity contribution >= 4 is 44.8 Å². The van der Waals surface area contributed by atoms with E-state index in [9.17, 15) is 9.59 Å². The number of fused-ring (bicyclic) bond motifs is 1. The van der Waals surface area contributed by atoms with Gasteiger partial charge in [-0.25, -0.2) is 9.78 Å². The molecule has 7 heteroatoms. The Balaban J connectivity index is 1.62. The predicted octanol–water partition coefficient (Wildman–Crippen LogP) is 4.49. The molecule has 0 saturated heterocycles. The zero-order valence-electron chi connectivity index (χ0n) is 14.7. The van der Waals surface area contributed by atoms with Crippen molar-refractivity contribution in [1.29, 1.82) is 0 Å². The minimum atomic E-state index is -0.484. The summed E-state index contributed by atoms with van der Waals surface area (Å²) in [5, 5.41) is 3.72. The number of nitrogens with one attached hydrogen (secondary N) is 1. The van der Waals surface area contributed by atoms with Gasteiger partial charge in [-0.2, -0.15) is 0 Å². The highest BCUT2D eigenvalue weighted by Gasteiger charge is 2.16. The molecule has 0 saturated carbocycles. The highest BCUT2D eigenvalue weighted by atomic mass is 32.1. The molecule has 0 aliphatic carbocycles. The number of ether oxygens (including phenoxy) is 1. The molecule has 136 valence electrons. The van der Waals surface area contributed by atoms with E-state index in [4.69, 9.17) is 4.74 Å². The molecule has 0 fully saturated rings. The Morgan fingerprint density at radius 1 is 1.12 bits per heavy atom. The van der Waals surface area contributed by atoms with Crippen LogP contribution in [0.2, 0.25) is 0 Å². The molecule has 3 rings (SSSR count). The quantitative estimate of drug-likeness (QED) is 0.606. The summed E-state index contributed by atoms with van der Waals surface area (Å²) >= 11 is 2.91. The first-order valence-electron chi connectivity index (χ1n) is 8.53. The molecule has 0 bridgehead atoms. The van der Waals surface area contributed by atoms with E-state index in [1.807, 2.05) is 44.2 Å². The zero-order valence-corrected chi connectivity index (χ0v) is 16.3. The van der Waals surface area contributed by atoms with Crippen LogP contribution in [0.4, 0.5) is 0 Å². The smallest absolute Gasteiger partial charge is 0.348 e. The van der Waals surface area contributed by atoms with Crippen molar-refractivity contribution in [2.75, 3.05) is 6.61 Å². The number of nitrogens with zero attached hydrogens (tertiary/aromatic N) is 1. The number of aromatic nitrogens is 1. The monoisotopic (exact) mass is 388 g/mol. The lowest BCUT2D eigenvalue weighted by Crippen LogP contribution is -2.36. The zero-order chi connectivity index (χ0) is 18.5. The van der Waals surface area contributed by atoms with Gasteiger partial charge in [-0.1, -0.05) is 26.0 Å². The van der Waals surface area contributed by atoms with Crippen molar-refractivity contribution < 1.29 is 14.3 Å². The summed E-state index contributed by atoms with van der Waals surface area (Å²) in [5.74, 6) is -0.753. The van der Waals surface area contributed by atoms with E-state index in [0.717, 1.165) is 32.9 Å². The van der Waals surface area contributed by atoms with E-state index < -0.39 is 5.97 Å². The molecule has 0 spiro atoms. The van der Waals surface area contributed by atoms with Crippen LogP contribution in [0.25, 0.3) is 20.1 Å². The number of benzene rings is 1. The van der Waals surface area contributed by atoms with Gasteiger partial charge in [0.2, 0.25) is 0 Å². The highest BCUT2D eigenvalue weighted by Crippen LogP contribution is 2.34. The summed E-state index contributed by atoms with van der Waals surface area (Å²) in [6, 6.07) is 11.6. The molecule has 3 aromatic rings. The van der Waals surface area contributed by atoms with Gasteiger partial charge in [0.15, 0.2) is 6.61 Å². The molecule has 5 nitrogen and oxygen atoms in total. The van der Waals surface area contributed by atoms with E-state index in [-0.39, 0.29) is 18.6 Å². The fourth-order valence-corrected chi connectivity index (χ4v) is 4.42. The first-order valence-corrected chi connectivity index (χ1v) is 10.2. The van der Waals surface area contributed by atoms with Crippen LogP contribution in [0.3, 0.4) is 0 Å². The first kappa shape index (κ1) is 18.5. The normalized spacial score (nSPS) is 11.0. The fourth-order valence-electron chi connectivity index (χ4n) is 2.50. The van der Waals surface area contributed by atoms with Gasteiger partial charge >= 0.3 is 5.97 Å². The Kier molecular flexibility index (Phi) is 6.00. The van der Waals surface area contributed by atoms with E-state index in [2.05, 4.69) is 10.3 Å². The lowest BCUT2D eigenvalue weighted by molar-refractivity contribution is -0.125. The van der Waals surface area contributed by atoms with Crippen LogP contribution in [-0.4, -0.2) is 29.5 Å². The second-order valence-corrected chi connectivity index (χ2v) is 7.92. The second kappa shape index (κ2) is 8.42. The number of carbonyl (C=O) groups is 2. The van der Waals surface area contributed by atoms with Crippen molar-refractivity contribution in [2.24, 2.45) is 0 Å². The van der Waals surface area contributed by atoms with Crippen molar-refractivity contribution in [3.8, 4) is 9.88 Å². The maximum atomic E-state index is 12.2. The number of carbonyl (C=O) groups excluding carboxylic acids is 2. The molecular weight excluding hydrogens is 368 g/mol. The summed E-state index contributed by atoms with van der Waals surface area (Å²) in [5.41, 5.74) is 0.947. The maximum absolute atomic E-state index is 12.2. The van der Waals surface area contributed by atoms with Crippen molar-refractivity contribution in [3.05, 3.63) is 41.3 Å². The average Bonchev–Trinajstić information content (AvgIpc) is 3.30. The van der Waals surface area contributed by atoms with Gasteiger partial charge in [-0.3, -0.25) is 4.79 Å². The molecule has 0 aliphatic heterocycles. The molecule has 1 aromatic carbocycles. The summed E-state index contributed by atoms with van der Waals surface area (Å²) < 4.78 is 6.24. The van der Waals surface area contributed by atoms with Gasteiger partial charge in [-0.15, -0.1) is 22.7 Å². The van der Waals surface area contributed by atoms with Gasteiger partial charge in [0, 0.05) is 6.04 Å². The number of hydrogen-bond donors (Lipinski definition) is 1. The number of rotatable bonds is 7. The predicted molar refractivity (Wildman–Crippen MR) is 106 cm³/mol. The van der Waals surface area contributed by atoms with Crippen molar-refractivity contribution in [1.82, 2.24) is 10.3 Å². The van der Waals surface area contributed by atoms with Crippen LogP contribution in [-0.2, 0) is 9.53 Å². The van der Waals surface area contributed by atoms with Gasteiger partial charge in [0.25, 0.3) is 5.91 Å². The third-order valence-electron chi connectivity index (χ3n) is 4.00. The average molecular weight is 389 g/mol. The van der Waals surface area contributed by atoms with Crippen LogP contribution in [0.15, 0.2) is 36.4 Å². The molecule has 0 aliphatic rings. The van der Waals surface area contributed by atoms with Crippen LogP contribution < -0.4 is 5.32 Å². The van der Waals surface area contributed by atoms with Gasteiger partial charge in [-0.05, 0) is 37.1 Å². The Hall–Kier alpha value is -2.25. The first-order chi connectivity index (χ1) is 12.6. The number of esters is 1. The Bertz CT molecular complexity index is 879. The minimum absolute atomic E-state index is 0.119. The van der Waals surface area contributed by atoms with Crippen LogP contribution in [0.5, 0.6) is 0 Å². The molecule has 26 heavy (non-hydrogen) atoms.